The summed E-state index contributed by atoms with van der Waals surface area (Å²) >= 11 is 0. The summed E-state index contributed by atoms with van der Waals surface area (Å²) in [6.07, 6.45) is 2.84. The van der Waals surface area contributed by atoms with Crippen LogP contribution in [0.25, 0.3) is 0 Å². The van der Waals surface area contributed by atoms with Crippen LogP contribution < -0.4 is 0 Å². The number of aromatic hydroxyl groups is 2. The maximum Gasteiger partial charge on any atom is 0.232 e. The van der Waals surface area contributed by atoms with Crippen molar-refractivity contribution in [1.82, 2.24) is 0 Å². The van der Waals surface area contributed by atoms with E-state index in [0.717, 1.165) is 0 Å². The molecule has 0 amide bonds. The van der Waals surface area contributed by atoms with E-state index in [0.29, 0.717) is 0 Å². The van der Waals surface area contributed by atoms with Crippen LogP contribution in [0.1, 0.15) is 27.6 Å². The predicted molar refractivity (Wildman–Crippen MR) is 65.1 cm³/mol. The molecule has 0 bridgehead atoms. The van der Waals surface area contributed by atoms with Crippen LogP contribution in [-0.4, -0.2) is 27.9 Å². The van der Waals surface area contributed by atoms with Crippen molar-refractivity contribution < 1.29 is 24.5 Å². The highest BCUT2D eigenvalue weighted by Gasteiger charge is 2.38. The molecule has 5 heteroatoms. The number of phenols is 2. The lowest BCUT2D eigenvalue weighted by molar-refractivity contribution is 0.0818. The SMILES string of the molecule is CC1C=CC2=C(O1)C(=O)c1c(O)ccc(O)c1C2=O. The predicted octanol–water partition coefficient (Wildman–Crippen LogP) is 1.71. The monoisotopic (exact) mass is 258 g/mol. The minimum absolute atomic E-state index is 0.0756. The molecule has 1 aromatic rings. The van der Waals surface area contributed by atoms with Gasteiger partial charge in [0.1, 0.15) is 17.6 Å². The van der Waals surface area contributed by atoms with Gasteiger partial charge in [-0.15, -0.1) is 0 Å². The molecule has 2 N–H and O–H groups in total. The molecular formula is C14H10O5. The van der Waals surface area contributed by atoms with E-state index in [2.05, 4.69) is 0 Å². The zero-order valence-corrected chi connectivity index (χ0v) is 10.0. The standard InChI is InChI=1S/C14H10O5/c1-6-2-3-7-12(17)10-8(15)4-5-9(16)11(10)13(18)14(7)19-6/h2-6,15-16H,1H3. The van der Waals surface area contributed by atoms with Crippen molar-refractivity contribution in [2.24, 2.45) is 0 Å². The summed E-state index contributed by atoms with van der Waals surface area (Å²) in [5, 5.41) is 19.5. The third-order valence-corrected chi connectivity index (χ3v) is 3.15. The smallest absolute Gasteiger partial charge is 0.232 e. The summed E-state index contributed by atoms with van der Waals surface area (Å²) in [4.78, 5) is 24.5. The fraction of sp³-hybridized carbons (Fsp3) is 0.143. The lowest BCUT2D eigenvalue weighted by Crippen LogP contribution is -2.27. The number of fused-ring (bicyclic) bond motifs is 1. The first-order valence-corrected chi connectivity index (χ1v) is 5.74. The average Bonchev–Trinajstić information content (AvgIpc) is 2.38. The molecule has 1 heterocycles. The normalized spacial score (nSPS) is 21.0. The Hall–Kier alpha value is -2.56. The van der Waals surface area contributed by atoms with Gasteiger partial charge in [-0.3, -0.25) is 9.59 Å². The summed E-state index contributed by atoms with van der Waals surface area (Å²) in [5.41, 5.74) is -0.269. The molecule has 3 rings (SSSR count). The molecular weight excluding hydrogens is 248 g/mol. The van der Waals surface area contributed by atoms with Crippen molar-refractivity contribution in [3.05, 3.63) is 46.7 Å². The van der Waals surface area contributed by atoms with Crippen molar-refractivity contribution in [1.29, 1.82) is 0 Å². The maximum atomic E-state index is 12.3. The van der Waals surface area contributed by atoms with Gasteiger partial charge in [0.25, 0.3) is 0 Å². The molecule has 0 saturated heterocycles. The Kier molecular flexibility index (Phi) is 2.25. The molecule has 0 aromatic heterocycles. The van der Waals surface area contributed by atoms with Gasteiger partial charge in [-0.25, -0.2) is 0 Å². The van der Waals surface area contributed by atoms with E-state index in [1.165, 1.54) is 18.2 Å². The third-order valence-electron chi connectivity index (χ3n) is 3.15. The summed E-state index contributed by atoms with van der Waals surface area (Å²) in [7, 11) is 0. The molecule has 1 unspecified atom stereocenters. The molecule has 19 heavy (non-hydrogen) atoms. The number of hydrogen-bond donors (Lipinski definition) is 2. The Labute approximate surface area is 108 Å². The van der Waals surface area contributed by atoms with E-state index in [9.17, 15) is 19.8 Å². The van der Waals surface area contributed by atoms with E-state index in [4.69, 9.17) is 4.74 Å². The summed E-state index contributed by atoms with van der Waals surface area (Å²) in [6.45, 7) is 1.73. The van der Waals surface area contributed by atoms with Gasteiger partial charge in [0.05, 0.1) is 16.7 Å². The number of carbonyl (C=O) groups is 2. The van der Waals surface area contributed by atoms with Gasteiger partial charge in [-0.05, 0) is 31.2 Å². The minimum atomic E-state index is -0.589. The molecule has 1 atom stereocenters. The number of benzene rings is 1. The Bertz CT molecular complexity index is 681. The van der Waals surface area contributed by atoms with E-state index < -0.39 is 11.6 Å². The molecule has 0 radical (unpaired) electrons. The number of phenolic OH excluding ortho intramolecular Hbond substituents is 2. The molecule has 0 fully saturated rings. The molecule has 5 nitrogen and oxygen atoms in total. The first kappa shape index (κ1) is 11.5. The lowest BCUT2D eigenvalue weighted by atomic mass is 9.85. The topological polar surface area (TPSA) is 83.8 Å². The zero-order valence-electron chi connectivity index (χ0n) is 10.0. The molecule has 0 saturated carbocycles. The second-order valence-electron chi connectivity index (χ2n) is 4.44. The Morgan fingerprint density at radius 2 is 1.63 bits per heavy atom. The van der Waals surface area contributed by atoms with Crippen molar-refractivity contribution in [2.75, 3.05) is 0 Å². The van der Waals surface area contributed by atoms with Crippen LogP contribution in [-0.2, 0) is 4.74 Å². The highest BCUT2D eigenvalue weighted by Crippen LogP contribution is 2.39. The number of hydrogen-bond acceptors (Lipinski definition) is 5. The first-order valence-electron chi connectivity index (χ1n) is 5.74. The number of ketones is 2. The summed E-state index contributed by atoms with van der Waals surface area (Å²) in [5.74, 6) is -1.86. The van der Waals surface area contributed by atoms with Crippen LogP contribution in [0.15, 0.2) is 35.6 Å². The number of ether oxygens (including phenoxy) is 1. The zero-order chi connectivity index (χ0) is 13.7. The first-order chi connectivity index (χ1) is 9.00. The van der Waals surface area contributed by atoms with E-state index in [-0.39, 0.29) is 40.1 Å². The highest BCUT2D eigenvalue weighted by atomic mass is 16.5. The molecule has 96 valence electrons. The maximum absolute atomic E-state index is 12.3. The molecule has 1 aliphatic heterocycles. The Balaban J connectivity index is 2.29. The van der Waals surface area contributed by atoms with Gasteiger partial charge in [0.15, 0.2) is 5.76 Å². The largest absolute Gasteiger partial charge is 0.507 e. The summed E-state index contributed by atoms with van der Waals surface area (Å²) < 4.78 is 5.35. The van der Waals surface area contributed by atoms with Crippen molar-refractivity contribution in [3.63, 3.8) is 0 Å². The highest BCUT2D eigenvalue weighted by molar-refractivity contribution is 6.29. The average molecular weight is 258 g/mol. The number of rotatable bonds is 0. The molecule has 2 aliphatic rings. The van der Waals surface area contributed by atoms with Gasteiger partial charge >= 0.3 is 0 Å². The van der Waals surface area contributed by atoms with Crippen molar-refractivity contribution >= 4 is 11.6 Å². The minimum Gasteiger partial charge on any atom is -0.507 e. The van der Waals surface area contributed by atoms with Crippen LogP contribution in [0.5, 0.6) is 11.5 Å². The molecule has 0 spiro atoms. The fourth-order valence-corrected chi connectivity index (χ4v) is 2.24. The third kappa shape index (κ3) is 1.48. The van der Waals surface area contributed by atoms with E-state index in [1.54, 1.807) is 13.0 Å². The number of carbonyl (C=O) groups excluding carboxylic acids is 2. The number of allylic oxidation sites excluding steroid dienone is 3. The van der Waals surface area contributed by atoms with Gasteiger partial charge in [-0.1, -0.05) is 0 Å². The van der Waals surface area contributed by atoms with Gasteiger partial charge < -0.3 is 14.9 Å². The van der Waals surface area contributed by atoms with Crippen LogP contribution >= 0.6 is 0 Å². The van der Waals surface area contributed by atoms with Gasteiger partial charge in [-0.2, -0.15) is 0 Å². The second kappa shape index (κ2) is 3.71. The second-order valence-corrected chi connectivity index (χ2v) is 4.44. The van der Waals surface area contributed by atoms with Gasteiger partial charge in [0, 0.05) is 0 Å². The Morgan fingerprint density at radius 3 is 2.26 bits per heavy atom. The summed E-state index contributed by atoms with van der Waals surface area (Å²) in [6, 6.07) is 2.36. The van der Waals surface area contributed by atoms with Crippen molar-refractivity contribution in [3.8, 4) is 11.5 Å². The van der Waals surface area contributed by atoms with Crippen LogP contribution in [0, 0.1) is 0 Å². The molecule has 1 aromatic carbocycles. The van der Waals surface area contributed by atoms with Crippen LogP contribution in [0.2, 0.25) is 0 Å². The van der Waals surface area contributed by atoms with Crippen LogP contribution in [0.4, 0.5) is 0 Å². The van der Waals surface area contributed by atoms with E-state index >= 15 is 0 Å². The molecule has 1 aliphatic carbocycles. The Morgan fingerprint density at radius 1 is 1.05 bits per heavy atom. The van der Waals surface area contributed by atoms with Crippen molar-refractivity contribution in [2.45, 2.75) is 13.0 Å². The lowest BCUT2D eigenvalue weighted by Gasteiger charge is -2.25. The van der Waals surface area contributed by atoms with Crippen LogP contribution in [0.3, 0.4) is 0 Å². The van der Waals surface area contributed by atoms with E-state index in [1.807, 2.05) is 0 Å². The quantitative estimate of drug-likeness (QED) is 0.692. The number of Topliss-reactive ketones (excluding diaryl/α,β-unsaturated/α-hetero) is 2. The fourth-order valence-electron chi connectivity index (χ4n) is 2.24. The van der Waals surface area contributed by atoms with Gasteiger partial charge in [0.2, 0.25) is 11.6 Å².